The van der Waals surface area contributed by atoms with E-state index in [4.69, 9.17) is 0 Å². The van der Waals surface area contributed by atoms with Crippen LogP contribution in [0.4, 0.5) is 11.4 Å². The van der Waals surface area contributed by atoms with Crippen molar-refractivity contribution in [2.45, 2.75) is 18.7 Å². The molecule has 2 aromatic carbocycles. The molecule has 0 aromatic heterocycles. The zero-order valence-electron chi connectivity index (χ0n) is 12.4. The molecule has 0 heterocycles. The van der Waals surface area contributed by atoms with Gasteiger partial charge in [0.2, 0.25) is 0 Å². The van der Waals surface area contributed by atoms with E-state index in [1.54, 1.807) is 12.1 Å². The lowest BCUT2D eigenvalue weighted by atomic mass is 10.1. The number of nitro benzene ring substituents is 1. The van der Waals surface area contributed by atoms with Crippen molar-refractivity contribution >= 4 is 27.2 Å². The third kappa shape index (κ3) is 3.72. The highest BCUT2D eigenvalue weighted by Crippen LogP contribution is 2.25. The first-order valence-electron chi connectivity index (χ1n) is 6.59. The molecule has 0 aliphatic heterocycles. The fourth-order valence-corrected chi connectivity index (χ4v) is 3.03. The van der Waals surface area contributed by atoms with Crippen molar-refractivity contribution < 1.29 is 18.1 Å². The number of rotatable bonds is 5. The maximum Gasteiger partial charge on any atom is 0.270 e. The maximum absolute atomic E-state index is 12.4. The number of carbonyl (C=O) groups excluding carboxylic acids is 1. The highest BCUT2D eigenvalue weighted by Gasteiger charge is 2.19. The van der Waals surface area contributed by atoms with Gasteiger partial charge >= 0.3 is 0 Å². The SMILES string of the molecule is CC(=O)c1cc([N+](=O)[O-])ccc1NS(=O)(=O)c1ccc(C)cc1. The van der Waals surface area contributed by atoms with Crippen molar-refractivity contribution in [2.75, 3.05) is 4.72 Å². The standard InChI is InChI=1S/C15H14N2O5S/c1-10-3-6-13(7-4-10)23(21,22)16-15-8-5-12(17(19)20)9-14(15)11(2)18/h3-9,16H,1-2H3. The molecule has 0 bridgehead atoms. The number of nitro groups is 1. The Balaban J connectivity index is 2.44. The van der Waals surface area contributed by atoms with Crippen LogP contribution in [0, 0.1) is 17.0 Å². The Morgan fingerprint density at radius 3 is 2.26 bits per heavy atom. The highest BCUT2D eigenvalue weighted by atomic mass is 32.2. The van der Waals surface area contributed by atoms with Crippen LogP contribution in [-0.4, -0.2) is 19.1 Å². The van der Waals surface area contributed by atoms with Gasteiger partial charge in [0.1, 0.15) is 0 Å². The summed E-state index contributed by atoms with van der Waals surface area (Å²) in [5.74, 6) is -0.477. The summed E-state index contributed by atoms with van der Waals surface area (Å²) in [7, 11) is -3.89. The van der Waals surface area contributed by atoms with E-state index in [2.05, 4.69) is 4.72 Å². The van der Waals surface area contributed by atoms with Gasteiger partial charge in [-0.25, -0.2) is 8.42 Å². The number of anilines is 1. The van der Waals surface area contributed by atoms with Crippen molar-refractivity contribution in [3.63, 3.8) is 0 Å². The van der Waals surface area contributed by atoms with Crippen LogP contribution in [0.5, 0.6) is 0 Å². The lowest BCUT2D eigenvalue weighted by Gasteiger charge is -2.11. The third-order valence-electron chi connectivity index (χ3n) is 3.17. The van der Waals surface area contributed by atoms with Gasteiger partial charge < -0.3 is 0 Å². The molecule has 0 radical (unpaired) electrons. The highest BCUT2D eigenvalue weighted by molar-refractivity contribution is 7.92. The van der Waals surface area contributed by atoms with Gasteiger partial charge in [0.05, 0.1) is 15.5 Å². The normalized spacial score (nSPS) is 11.0. The number of Topliss-reactive ketones (excluding diaryl/α,β-unsaturated/α-hetero) is 1. The zero-order valence-corrected chi connectivity index (χ0v) is 13.3. The second-order valence-corrected chi connectivity index (χ2v) is 6.64. The molecule has 2 rings (SSSR count). The maximum atomic E-state index is 12.4. The summed E-state index contributed by atoms with van der Waals surface area (Å²) < 4.78 is 27.0. The monoisotopic (exact) mass is 334 g/mol. The number of hydrogen-bond acceptors (Lipinski definition) is 5. The minimum absolute atomic E-state index is 0.00340. The lowest BCUT2D eigenvalue weighted by Crippen LogP contribution is -2.15. The lowest BCUT2D eigenvalue weighted by molar-refractivity contribution is -0.384. The van der Waals surface area contributed by atoms with E-state index >= 15 is 0 Å². The molecule has 0 amide bonds. The Hall–Kier alpha value is -2.74. The van der Waals surface area contributed by atoms with Crippen LogP contribution in [0.1, 0.15) is 22.8 Å². The molecular weight excluding hydrogens is 320 g/mol. The molecule has 0 atom stereocenters. The topological polar surface area (TPSA) is 106 Å². The molecule has 23 heavy (non-hydrogen) atoms. The van der Waals surface area contributed by atoms with E-state index in [0.29, 0.717) is 0 Å². The molecule has 1 N–H and O–H groups in total. The predicted molar refractivity (Wildman–Crippen MR) is 85.1 cm³/mol. The van der Waals surface area contributed by atoms with Gasteiger partial charge in [-0.3, -0.25) is 19.6 Å². The molecule has 0 fully saturated rings. The predicted octanol–water partition coefficient (Wildman–Crippen LogP) is 2.91. The Morgan fingerprint density at radius 1 is 1.13 bits per heavy atom. The molecule has 0 saturated heterocycles. The van der Waals surface area contributed by atoms with Crippen molar-refractivity contribution in [3.05, 3.63) is 63.7 Å². The molecular formula is C15H14N2O5S. The minimum Gasteiger partial charge on any atom is -0.294 e. The summed E-state index contributed by atoms with van der Waals surface area (Å²) in [4.78, 5) is 21.8. The molecule has 0 unspecified atom stereocenters. The van der Waals surface area contributed by atoms with Gasteiger partial charge in [-0.05, 0) is 32.0 Å². The molecule has 0 saturated carbocycles. The average Bonchev–Trinajstić information content (AvgIpc) is 2.47. The fraction of sp³-hybridized carbons (Fsp3) is 0.133. The summed E-state index contributed by atoms with van der Waals surface area (Å²) in [6.45, 7) is 3.04. The van der Waals surface area contributed by atoms with Crippen molar-refractivity contribution in [2.24, 2.45) is 0 Å². The van der Waals surface area contributed by atoms with Gasteiger partial charge in [0, 0.05) is 17.7 Å². The number of benzene rings is 2. The van der Waals surface area contributed by atoms with E-state index in [0.717, 1.165) is 17.7 Å². The van der Waals surface area contributed by atoms with Gasteiger partial charge in [-0.2, -0.15) is 0 Å². The summed E-state index contributed by atoms with van der Waals surface area (Å²) in [5, 5.41) is 10.8. The number of nitrogens with one attached hydrogen (secondary N) is 1. The third-order valence-corrected chi connectivity index (χ3v) is 4.55. The molecule has 2 aromatic rings. The van der Waals surface area contributed by atoms with E-state index < -0.39 is 20.7 Å². The Labute approximate surface area is 133 Å². The number of aryl methyl sites for hydroxylation is 1. The molecule has 0 aliphatic carbocycles. The number of sulfonamides is 1. The summed E-state index contributed by atoms with van der Waals surface area (Å²) in [5.41, 5.74) is 0.566. The summed E-state index contributed by atoms with van der Waals surface area (Å²) in [6, 6.07) is 9.58. The van der Waals surface area contributed by atoms with Crippen LogP contribution in [0.25, 0.3) is 0 Å². The van der Waals surface area contributed by atoms with Crippen LogP contribution < -0.4 is 4.72 Å². The van der Waals surface area contributed by atoms with Gasteiger partial charge in [0.25, 0.3) is 15.7 Å². The number of non-ortho nitro benzene ring substituents is 1. The molecule has 7 nitrogen and oxygen atoms in total. The quantitative estimate of drug-likeness (QED) is 0.514. The smallest absolute Gasteiger partial charge is 0.270 e. The number of ketones is 1. The van der Waals surface area contributed by atoms with Crippen LogP contribution in [0.3, 0.4) is 0 Å². The van der Waals surface area contributed by atoms with E-state index in [-0.39, 0.29) is 21.8 Å². The number of carbonyl (C=O) groups is 1. The van der Waals surface area contributed by atoms with E-state index in [1.165, 1.54) is 25.1 Å². The summed E-state index contributed by atoms with van der Waals surface area (Å²) >= 11 is 0. The Morgan fingerprint density at radius 2 is 1.74 bits per heavy atom. The second-order valence-electron chi connectivity index (χ2n) is 4.96. The summed E-state index contributed by atoms with van der Waals surface area (Å²) in [6.07, 6.45) is 0. The van der Waals surface area contributed by atoms with Crippen LogP contribution in [0.15, 0.2) is 47.4 Å². The van der Waals surface area contributed by atoms with Crippen LogP contribution >= 0.6 is 0 Å². The zero-order chi connectivity index (χ0) is 17.2. The molecule has 120 valence electrons. The first kappa shape index (κ1) is 16.6. The van der Waals surface area contributed by atoms with Crippen molar-refractivity contribution in [3.8, 4) is 0 Å². The van der Waals surface area contributed by atoms with E-state index in [9.17, 15) is 23.3 Å². The van der Waals surface area contributed by atoms with Crippen LogP contribution in [-0.2, 0) is 10.0 Å². The molecule has 0 aliphatic rings. The average molecular weight is 334 g/mol. The van der Waals surface area contributed by atoms with Gasteiger partial charge in [0.15, 0.2) is 5.78 Å². The number of nitrogens with zero attached hydrogens (tertiary/aromatic N) is 1. The minimum atomic E-state index is -3.89. The van der Waals surface area contributed by atoms with Crippen LogP contribution in [0.2, 0.25) is 0 Å². The van der Waals surface area contributed by atoms with E-state index in [1.807, 2.05) is 6.92 Å². The Kier molecular flexibility index (Phi) is 4.46. The largest absolute Gasteiger partial charge is 0.294 e. The van der Waals surface area contributed by atoms with Gasteiger partial charge in [-0.1, -0.05) is 17.7 Å². The first-order chi connectivity index (χ1) is 10.7. The van der Waals surface area contributed by atoms with Crippen molar-refractivity contribution in [1.29, 1.82) is 0 Å². The first-order valence-corrected chi connectivity index (χ1v) is 8.08. The second kappa shape index (κ2) is 6.17. The molecule has 8 heteroatoms. The number of hydrogen-bond donors (Lipinski definition) is 1. The Bertz CT molecular complexity index is 873. The van der Waals surface area contributed by atoms with Gasteiger partial charge in [-0.15, -0.1) is 0 Å². The molecule has 0 spiro atoms. The fourth-order valence-electron chi connectivity index (χ4n) is 1.95. The van der Waals surface area contributed by atoms with Crippen molar-refractivity contribution in [1.82, 2.24) is 0 Å².